The van der Waals surface area contributed by atoms with E-state index in [1.54, 1.807) is 7.11 Å². The molecule has 0 bridgehead atoms. The Labute approximate surface area is 208 Å². The molecule has 0 radical (unpaired) electrons. The number of methoxy groups -OCH3 is 1. The first-order valence-electron chi connectivity index (χ1n) is 12.8. The molecule has 0 aliphatic carbocycles. The van der Waals surface area contributed by atoms with Crippen molar-refractivity contribution in [2.45, 2.75) is 32.6 Å². The second-order valence-corrected chi connectivity index (χ2v) is 9.48. The van der Waals surface area contributed by atoms with Crippen molar-refractivity contribution in [1.82, 2.24) is 20.1 Å². The number of carbonyl (C=O) groups is 1. The molecule has 1 fully saturated rings. The molecule has 35 heavy (non-hydrogen) atoms. The number of nitrogens with one attached hydrogen (secondary N) is 3. The highest BCUT2D eigenvalue weighted by Gasteiger charge is 2.16. The first-order chi connectivity index (χ1) is 17.1. The van der Waals surface area contributed by atoms with Gasteiger partial charge in [-0.25, -0.2) is 4.79 Å². The maximum atomic E-state index is 12.6. The quantitative estimate of drug-likeness (QED) is 0.403. The largest absolute Gasteiger partial charge is 0.496 e. The van der Waals surface area contributed by atoms with Crippen molar-refractivity contribution in [2.24, 2.45) is 0 Å². The number of piperazine rings is 1. The van der Waals surface area contributed by atoms with Crippen LogP contribution in [-0.4, -0.2) is 74.2 Å². The standard InChI is InChI=1S/C28H39N5O2/c1-4-5-8-21-17-23(31-28(34)29-11-12-33-15-13-32(2)14-16-33)19-27(35-3)25(21)18-22-20-30-26-10-7-6-9-24(22)26/h6-7,9-10,17,19-20,30H,4-5,8,11-16,18H2,1-3H3,(H2,29,31,34). The van der Waals surface area contributed by atoms with Gasteiger partial charge in [0, 0.05) is 80.1 Å². The maximum absolute atomic E-state index is 12.6. The van der Waals surface area contributed by atoms with Gasteiger partial charge in [-0.2, -0.15) is 0 Å². The Bertz CT molecular complexity index is 1120. The molecule has 0 atom stereocenters. The number of hydrogen-bond acceptors (Lipinski definition) is 4. The third-order valence-electron chi connectivity index (χ3n) is 6.93. The molecule has 7 nitrogen and oxygen atoms in total. The minimum Gasteiger partial charge on any atom is -0.496 e. The van der Waals surface area contributed by atoms with E-state index in [-0.39, 0.29) is 6.03 Å². The average molecular weight is 478 g/mol. The molecule has 2 heterocycles. The molecule has 2 aromatic carbocycles. The Kier molecular flexibility index (Phi) is 8.66. The van der Waals surface area contributed by atoms with Gasteiger partial charge in [-0.15, -0.1) is 0 Å². The van der Waals surface area contributed by atoms with E-state index in [0.29, 0.717) is 6.54 Å². The summed E-state index contributed by atoms with van der Waals surface area (Å²) in [5, 5.41) is 7.28. The smallest absolute Gasteiger partial charge is 0.319 e. The number of carbonyl (C=O) groups excluding carboxylic acids is 1. The summed E-state index contributed by atoms with van der Waals surface area (Å²) in [7, 11) is 3.86. The molecule has 3 aromatic rings. The molecule has 0 spiro atoms. The van der Waals surface area contributed by atoms with E-state index in [1.165, 1.54) is 22.1 Å². The molecule has 7 heteroatoms. The number of hydrogen-bond donors (Lipinski definition) is 3. The van der Waals surface area contributed by atoms with E-state index in [9.17, 15) is 4.79 Å². The predicted molar refractivity (Wildman–Crippen MR) is 144 cm³/mol. The molecule has 0 saturated carbocycles. The maximum Gasteiger partial charge on any atom is 0.319 e. The van der Waals surface area contributed by atoms with Crippen LogP contribution in [0.1, 0.15) is 36.5 Å². The Balaban J connectivity index is 1.45. The van der Waals surface area contributed by atoms with Crippen molar-refractivity contribution in [3.8, 4) is 5.75 Å². The van der Waals surface area contributed by atoms with Crippen LogP contribution < -0.4 is 15.4 Å². The number of ether oxygens (including phenoxy) is 1. The number of benzene rings is 2. The molecule has 1 aliphatic rings. The first-order valence-corrected chi connectivity index (χ1v) is 12.8. The molecule has 1 aliphatic heterocycles. The van der Waals surface area contributed by atoms with E-state index >= 15 is 0 Å². The molecule has 2 amide bonds. The number of aryl methyl sites for hydroxylation is 1. The Morgan fingerprint density at radius 3 is 2.69 bits per heavy atom. The van der Waals surface area contributed by atoms with Gasteiger partial charge in [-0.1, -0.05) is 31.5 Å². The predicted octanol–water partition coefficient (Wildman–Crippen LogP) is 4.48. The fourth-order valence-electron chi connectivity index (χ4n) is 4.79. The van der Waals surface area contributed by atoms with Crippen LogP contribution >= 0.6 is 0 Å². The van der Waals surface area contributed by atoms with E-state index in [1.807, 2.05) is 12.1 Å². The third kappa shape index (κ3) is 6.55. The molecule has 4 rings (SSSR count). The lowest BCUT2D eigenvalue weighted by Crippen LogP contribution is -2.47. The normalized spacial score (nSPS) is 14.8. The van der Waals surface area contributed by atoms with Crippen LogP contribution in [0.3, 0.4) is 0 Å². The number of para-hydroxylation sites is 1. The van der Waals surface area contributed by atoms with Gasteiger partial charge in [0.25, 0.3) is 0 Å². The molecule has 0 unspecified atom stereocenters. The zero-order valence-electron chi connectivity index (χ0n) is 21.3. The van der Waals surface area contributed by atoms with Crippen molar-refractivity contribution in [3.63, 3.8) is 0 Å². The van der Waals surface area contributed by atoms with Crippen LogP contribution in [0, 0.1) is 0 Å². The minimum absolute atomic E-state index is 0.174. The number of rotatable bonds is 10. The topological polar surface area (TPSA) is 72.6 Å². The first kappa shape index (κ1) is 25.1. The number of aromatic amines is 1. The highest BCUT2D eigenvalue weighted by Crippen LogP contribution is 2.32. The highest BCUT2D eigenvalue weighted by molar-refractivity contribution is 5.90. The van der Waals surface area contributed by atoms with Crippen LogP contribution in [-0.2, 0) is 12.8 Å². The molecule has 188 valence electrons. The lowest BCUT2D eigenvalue weighted by Gasteiger charge is -2.32. The van der Waals surface area contributed by atoms with Gasteiger partial charge in [0.15, 0.2) is 0 Å². The summed E-state index contributed by atoms with van der Waals surface area (Å²) < 4.78 is 5.83. The lowest BCUT2D eigenvalue weighted by molar-refractivity contribution is 0.155. The summed E-state index contributed by atoms with van der Waals surface area (Å²) in [6, 6.07) is 12.3. The lowest BCUT2D eigenvalue weighted by atomic mass is 9.94. The number of anilines is 1. The average Bonchev–Trinajstić information content (AvgIpc) is 3.27. The fourth-order valence-corrected chi connectivity index (χ4v) is 4.79. The number of aromatic nitrogens is 1. The third-order valence-corrected chi connectivity index (χ3v) is 6.93. The second kappa shape index (κ2) is 12.1. The molecule has 3 N–H and O–H groups in total. The second-order valence-electron chi connectivity index (χ2n) is 9.48. The van der Waals surface area contributed by atoms with Crippen molar-refractivity contribution in [1.29, 1.82) is 0 Å². The Morgan fingerprint density at radius 1 is 1.11 bits per heavy atom. The molecule has 1 aromatic heterocycles. The highest BCUT2D eigenvalue weighted by atomic mass is 16.5. The van der Waals surface area contributed by atoms with Gasteiger partial charge in [-0.3, -0.25) is 4.90 Å². The van der Waals surface area contributed by atoms with Crippen LogP contribution in [0.25, 0.3) is 10.9 Å². The summed E-state index contributed by atoms with van der Waals surface area (Å²) in [5.74, 6) is 0.816. The Hall–Kier alpha value is -3.03. The number of unbranched alkanes of at least 4 members (excludes halogenated alkanes) is 1. The summed E-state index contributed by atoms with van der Waals surface area (Å²) in [6.07, 6.45) is 6.02. The van der Waals surface area contributed by atoms with Gasteiger partial charge in [0.2, 0.25) is 0 Å². The molecular weight excluding hydrogens is 438 g/mol. The van der Waals surface area contributed by atoms with Gasteiger partial charge >= 0.3 is 6.03 Å². The van der Waals surface area contributed by atoms with Crippen LogP contribution in [0.2, 0.25) is 0 Å². The van der Waals surface area contributed by atoms with E-state index < -0.39 is 0 Å². The Morgan fingerprint density at radius 2 is 1.91 bits per heavy atom. The van der Waals surface area contributed by atoms with E-state index in [0.717, 1.165) is 75.4 Å². The van der Waals surface area contributed by atoms with Crippen molar-refractivity contribution in [2.75, 3.05) is 58.7 Å². The summed E-state index contributed by atoms with van der Waals surface area (Å²) in [4.78, 5) is 20.7. The van der Waals surface area contributed by atoms with Gasteiger partial charge in [-0.05, 0) is 43.1 Å². The van der Waals surface area contributed by atoms with Gasteiger partial charge < -0.3 is 25.3 Å². The van der Waals surface area contributed by atoms with E-state index in [2.05, 4.69) is 69.9 Å². The van der Waals surface area contributed by atoms with E-state index in [4.69, 9.17) is 4.74 Å². The molecular formula is C28H39N5O2. The summed E-state index contributed by atoms with van der Waals surface area (Å²) >= 11 is 0. The number of fused-ring (bicyclic) bond motifs is 1. The monoisotopic (exact) mass is 477 g/mol. The van der Waals surface area contributed by atoms with Crippen LogP contribution in [0.4, 0.5) is 10.5 Å². The zero-order chi connectivity index (χ0) is 24.6. The van der Waals surface area contributed by atoms with Crippen molar-refractivity contribution in [3.05, 3.63) is 59.3 Å². The summed E-state index contributed by atoms with van der Waals surface area (Å²) in [6.45, 7) is 7.97. The number of likely N-dealkylation sites (N-methyl/N-ethyl adjacent to an activating group) is 1. The summed E-state index contributed by atoms with van der Waals surface area (Å²) in [5.41, 5.74) is 5.57. The number of urea groups is 1. The van der Waals surface area contributed by atoms with Crippen molar-refractivity contribution >= 4 is 22.6 Å². The van der Waals surface area contributed by atoms with Crippen molar-refractivity contribution < 1.29 is 9.53 Å². The minimum atomic E-state index is -0.174. The van der Waals surface area contributed by atoms with Gasteiger partial charge in [0.1, 0.15) is 5.75 Å². The molecule has 1 saturated heterocycles. The zero-order valence-corrected chi connectivity index (χ0v) is 21.3. The van der Waals surface area contributed by atoms with Crippen LogP contribution in [0.5, 0.6) is 5.75 Å². The number of nitrogens with zero attached hydrogens (tertiary/aromatic N) is 2. The number of H-pyrrole nitrogens is 1. The van der Waals surface area contributed by atoms with Gasteiger partial charge in [0.05, 0.1) is 7.11 Å². The number of amides is 2. The van der Waals surface area contributed by atoms with Crippen LogP contribution in [0.15, 0.2) is 42.6 Å². The fraction of sp³-hybridized carbons (Fsp3) is 0.464. The SMILES string of the molecule is CCCCc1cc(NC(=O)NCCN2CCN(C)CC2)cc(OC)c1Cc1c[nH]c2ccccc12.